The van der Waals surface area contributed by atoms with Crippen LogP contribution in [-0.2, 0) is 14.9 Å². The number of hydrogen-bond donors (Lipinski definition) is 1. The highest BCUT2D eigenvalue weighted by atomic mass is 32.2. The average Bonchev–Trinajstić information content (AvgIpc) is 3.28. The van der Waals surface area contributed by atoms with Crippen LogP contribution in [0.4, 0.5) is 0 Å². The molecule has 7 heteroatoms. The van der Waals surface area contributed by atoms with Gasteiger partial charge in [-0.2, -0.15) is 4.99 Å². The molecule has 4 aliphatic carbocycles. The molecule has 2 aromatic carbocycles. The van der Waals surface area contributed by atoms with Gasteiger partial charge in [-0.1, -0.05) is 12.1 Å². The molecular weight excluding hydrogens is 496 g/mol. The Kier molecular flexibility index (Phi) is 6.04. The highest BCUT2D eigenvalue weighted by Crippen LogP contribution is 2.62. The van der Waals surface area contributed by atoms with Crippen LogP contribution in [0.25, 0.3) is 17.2 Å². The smallest absolute Gasteiger partial charge is 0.286 e. The molecule has 0 aromatic heterocycles. The van der Waals surface area contributed by atoms with Crippen molar-refractivity contribution in [2.75, 3.05) is 33.4 Å². The molecule has 0 unspecified atom stereocenters. The third-order valence-electron chi connectivity index (χ3n) is 9.35. The Morgan fingerprint density at radius 3 is 2.37 bits per heavy atom. The molecular formula is C31H34N2O4S. The summed E-state index contributed by atoms with van der Waals surface area (Å²) in [5.41, 5.74) is 4.24. The number of thioether (sulfide) groups is 1. The van der Waals surface area contributed by atoms with E-state index in [1.165, 1.54) is 50.3 Å². The predicted molar refractivity (Wildman–Crippen MR) is 150 cm³/mol. The Bertz CT molecular complexity index is 1310. The molecule has 8 rings (SSSR count). The van der Waals surface area contributed by atoms with Gasteiger partial charge in [0.05, 0.1) is 25.2 Å². The van der Waals surface area contributed by atoms with E-state index in [9.17, 15) is 9.90 Å². The first-order valence-corrected chi connectivity index (χ1v) is 14.7. The Labute approximate surface area is 228 Å². The van der Waals surface area contributed by atoms with Gasteiger partial charge in [0.1, 0.15) is 11.5 Å². The Hall–Kier alpha value is -2.77. The summed E-state index contributed by atoms with van der Waals surface area (Å²) in [6.45, 7) is 2.80. The minimum atomic E-state index is -0.210. The normalized spacial score (nSPS) is 31.2. The molecule has 4 bridgehead atoms. The number of aromatic hydroxyl groups is 1. The average molecular weight is 531 g/mol. The minimum absolute atomic E-state index is 0.117. The first-order valence-electron chi connectivity index (χ1n) is 13.9. The van der Waals surface area contributed by atoms with Crippen molar-refractivity contribution in [3.8, 4) is 22.6 Å². The molecule has 4 saturated carbocycles. The number of hydrogen-bond acceptors (Lipinski definition) is 6. The monoisotopic (exact) mass is 530 g/mol. The van der Waals surface area contributed by atoms with Crippen LogP contribution in [0.1, 0.15) is 49.7 Å². The van der Waals surface area contributed by atoms with Crippen LogP contribution in [0.2, 0.25) is 0 Å². The topological polar surface area (TPSA) is 71.4 Å². The van der Waals surface area contributed by atoms with E-state index in [1.807, 2.05) is 24.3 Å². The summed E-state index contributed by atoms with van der Waals surface area (Å²) in [6, 6.07) is 12.2. The number of methoxy groups -OCH3 is 1. The van der Waals surface area contributed by atoms with Crippen molar-refractivity contribution in [3.63, 3.8) is 0 Å². The van der Waals surface area contributed by atoms with Crippen molar-refractivity contribution in [3.05, 3.63) is 52.4 Å². The van der Waals surface area contributed by atoms with Crippen molar-refractivity contribution in [1.82, 2.24) is 4.90 Å². The maximum absolute atomic E-state index is 12.8. The van der Waals surface area contributed by atoms with E-state index in [4.69, 9.17) is 9.47 Å². The lowest BCUT2D eigenvalue weighted by atomic mass is 9.48. The maximum atomic E-state index is 12.8. The van der Waals surface area contributed by atoms with Gasteiger partial charge in [-0.3, -0.25) is 4.79 Å². The van der Waals surface area contributed by atoms with Gasteiger partial charge in [0.25, 0.3) is 5.91 Å². The number of rotatable bonds is 4. The summed E-state index contributed by atoms with van der Waals surface area (Å²) in [4.78, 5) is 19.8. The fourth-order valence-electron chi connectivity index (χ4n) is 8.04. The molecule has 1 N–H and O–H groups in total. The molecule has 1 amide bonds. The molecule has 0 radical (unpaired) electrons. The van der Waals surface area contributed by atoms with Crippen LogP contribution in [0.15, 0.2) is 46.3 Å². The first-order chi connectivity index (χ1) is 18.5. The van der Waals surface area contributed by atoms with Crippen molar-refractivity contribution < 1.29 is 19.4 Å². The highest BCUT2D eigenvalue weighted by molar-refractivity contribution is 8.18. The zero-order chi connectivity index (χ0) is 25.9. The van der Waals surface area contributed by atoms with Crippen molar-refractivity contribution in [1.29, 1.82) is 0 Å². The second-order valence-electron chi connectivity index (χ2n) is 11.8. The number of benzene rings is 2. The number of morpholine rings is 1. The fourth-order valence-corrected chi connectivity index (χ4v) is 8.99. The summed E-state index contributed by atoms with van der Waals surface area (Å²) < 4.78 is 11.1. The summed E-state index contributed by atoms with van der Waals surface area (Å²) in [7, 11) is 1.65. The lowest BCUT2D eigenvalue weighted by molar-refractivity contribution is -0.113. The van der Waals surface area contributed by atoms with Gasteiger partial charge in [0, 0.05) is 24.2 Å². The summed E-state index contributed by atoms with van der Waals surface area (Å²) >= 11 is 1.42. The van der Waals surface area contributed by atoms with Gasteiger partial charge >= 0.3 is 0 Å². The van der Waals surface area contributed by atoms with E-state index in [2.05, 4.69) is 28.1 Å². The van der Waals surface area contributed by atoms with Crippen LogP contribution < -0.4 is 4.74 Å². The number of amidine groups is 1. The number of aliphatic imine (C=N–C) groups is 1. The van der Waals surface area contributed by atoms with Crippen LogP contribution in [0, 0.1) is 17.8 Å². The Morgan fingerprint density at radius 1 is 1.03 bits per heavy atom. The van der Waals surface area contributed by atoms with Crippen LogP contribution in [0.3, 0.4) is 0 Å². The largest absolute Gasteiger partial charge is 0.508 e. The molecule has 0 atom stereocenters. The lowest BCUT2D eigenvalue weighted by Crippen LogP contribution is -2.48. The van der Waals surface area contributed by atoms with Gasteiger partial charge in [0.2, 0.25) is 0 Å². The van der Waals surface area contributed by atoms with Crippen LogP contribution in [0.5, 0.6) is 11.5 Å². The second kappa shape index (κ2) is 9.45. The van der Waals surface area contributed by atoms with Crippen molar-refractivity contribution in [2.24, 2.45) is 22.7 Å². The molecule has 2 heterocycles. The third kappa shape index (κ3) is 4.24. The minimum Gasteiger partial charge on any atom is -0.508 e. The molecule has 198 valence electrons. The SMILES string of the molecule is COc1ccc(-c2ccc(O)c(C34CC5CC(CC(C5)C3)C4)c2)cc1C=C1SC(N2CCOCC2)=NC1=O. The number of phenols is 1. The van der Waals surface area contributed by atoms with Gasteiger partial charge in [-0.15, -0.1) is 0 Å². The van der Waals surface area contributed by atoms with Crippen molar-refractivity contribution in [2.45, 2.75) is 43.9 Å². The standard InChI is InChI=1S/C31H34N2O4S/c1-36-27-5-3-22(13-24(27)15-28-29(35)32-30(38-28)33-6-8-37-9-7-33)23-2-4-26(34)25(14-23)31-16-19-10-20(17-31)12-21(11-19)18-31/h2-5,13-15,19-21,34H,6-12,16-18H2,1H3. The second-order valence-corrected chi connectivity index (χ2v) is 12.8. The van der Waals surface area contributed by atoms with Gasteiger partial charge in [0.15, 0.2) is 5.17 Å². The van der Waals surface area contributed by atoms with Crippen LogP contribution in [-0.4, -0.2) is 54.5 Å². The number of ether oxygens (including phenoxy) is 2. The number of phenolic OH excluding ortho intramolecular Hbond substituents is 1. The Balaban J connectivity index is 1.20. The van der Waals surface area contributed by atoms with E-state index in [-0.39, 0.29) is 11.3 Å². The third-order valence-corrected chi connectivity index (χ3v) is 10.4. The summed E-state index contributed by atoms with van der Waals surface area (Å²) in [5, 5.41) is 11.8. The predicted octanol–water partition coefficient (Wildman–Crippen LogP) is 5.84. The molecule has 6 nitrogen and oxygen atoms in total. The van der Waals surface area contributed by atoms with Gasteiger partial charge < -0.3 is 19.5 Å². The van der Waals surface area contributed by atoms with E-state index in [0.717, 1.165) is 64.0 Å². The molecule has 2 aromatic rings. The zero-order valence-electron chi connectivity index (χ0n) is 21.8. The number of carbonyl (C=O) groups excluding carboxylic acids is 1. The molecule has 1 saturated heterocycles. The van der Waals surface area contributed by atoms with Crippen molar-refractivity contribution >= 4 is 28.9 Å². The molecule has 2 aliphatic heterocycles. The fraction of sp³-hybridized carbons (Fsp3) is 0.484. The lowest BCUT2D eigenvalue weighted by Gasteiger charge is -2.57. The van der Waals surface area contributed by atoms with E-state index in [1.54, 1.807) is 7.11 Å². The van der Waals surface area contributed by atoms with E-state index < -0.39 is 0 Å². The van der Waals surface area contributed by atoms with Gasteiger partial charge in [-0.25, -0.2) is 0 Å². The summed E-state index contributed by atoms with van der Waals surface area (Å²) in [6.07, 6.45) is 9.66. The zero-order valence-corrected chi connectivity index (χ0v) is 22.6. The number of amides is 1. The van der Waals surface area contributed by atoms with Crippen LogP contribution >= 0.6 is 11.8 Å². The summed E-state index contributed by atoms with van der Waals surface area (Å²) in [5.74, 6) is 3.39. The quantitative estimate of drug-likeness (QED) is 0.501. The maximum Gasteiger partial charge on any atom is 0.286 e. The Morgan fingerprint density at radius 2 is 1.68 bits per heavy atom. The van der Waals surface area contributed by atoms with Gasteiger partial charge in [-0.05, 0) is 115 Å². The number of nitrogens with zero attached hydrogens (tertiary/aromatic N) is 2. The highest BCUT2D eigenvalue weighted by Gasteiger charge is 2.52. The van der Waals surface area contributed by atoms with E-state index in [0.29, 0.717) is 23.9 Å². The molecule has 0 spiro atoms. The number of carbonyl (C=O) groups is 1. The molecule has 5 fully saturated rings. The molecule has 38 heavy (non-hydrogen) atoms. The molecule has 6 aliphatic rings. The van der Waals surface area contributed by atoms with E-state index >= 15 is 0 Å². The first kappa shape index (κ1) is 24.3.